The van der Waals surface area contributed by atoms with Crippen LogP contribution in [0.4, 0.5) is 10.1 Å². The summed E-state index contributed by atoms with van der Waals surface area (Å²) in [6, 6.07) is 18.1. The predicted octanol–water partition coefficient (Wildman–Crippen LogP) is 3.68. The second kappa shape index (κ2) is 8.92. The summed E-state index contributed by atoms with van der Waals surface area (Å²) in [7, 11) is 0. The van der Waals surface area contributed by atoms with Crippen LogP contribution in [0, 0.1) is 5.82 Å². The average Bonchev–Trinajstić information content (AvgIpc) is 2.75. The van der Waals surface area contributed by atoms with E-state index in [1.54, 1.807) is 18.2 Å². The van der Waals surface area contributed by atoms with Gasteiger partial charge >= 0.3 is 0 Å². The summed E-state index contributed by atoms with van der Waals surface area (Å²) in [5.41, 5.74) is 1.37. The predicted molar refractivity (Wildman–Crippen MR) is 110 cm³/mol. The van der Waals surface area contributed by atoms with E-state index in [1.807, 2.05) is 18.2 Å². The lowest BCUT2D eigenvalue weighted by Crippen LogP contribution is -2.46. The van der Waals surface area contributed by atoms with Gasteiger partial charge in [0.25, 0.3) is 0 Å². The molecule has 6 heteroatoms. The Labute approximate surface area is 168 Å². The van der Waals surface area contributed by atoms with Crippen molar-refractivity contribution in [2.24, 2.45) is 0 Å². The maximum absolute atomic E-state index is 13.7. The molecule has 1 aliphatic rings. The molecule has 3 aromatic rings. The van der Waals surface area contributed by atoms with E-state index in [9.17, 15) is 9.18 Å². The van der Waals surface area contributed by atoms with Crippen molar-refractivity contribution in [2.45, 2.75) is 13.2 Å². The van der Waals surface area contributed by atoms with E-state index >= 15 is 0 Å². The minimum Gasteiger partial charge on any atom is -0.482 e. The van der Waals surface area contributed by atoms with Crippen molar-refractivity contribution in [3.8, 4) is 5.75 Å². The van der Waals surface area contributed by atoms with E-state index in [4.69, 9.17) is 9.15 Å². The Hall–Kier alpha value is -3.12. The van der Waals surface area contributed by atoms with E-state index in [2.05, 4.69) is 21.9 Å². The molecular formula is C23H23FN2O3. The van der Waals surface area contributed by atoms with E-state index in [0.717, 1.165) is 26.2 Å². The van der Waals surface area contributed by atoms with Crippen LogP contribution in [0.2, 0.25) is 0 Å². The number of para-hydroxylation sites is 1. The zero-order chi connectivity index (χ0) is 20.1. The molecule has 0 atom stereocenters. The first-order valence-electron chi connectivity index (χ1n) is 9.69. The lowest BCUT2D eigenvalue weighted by atomic mass is 10.2. The van der Waals surface area contributed by atoms with Crippen molar-refractivity contribution in [3.05, 3.63) is 94.3 Å². The Morgan fingerprint density at radius 2 is 1.69 bits per heavy atom. The highest BCUT2D eigenvalue weighted by molar-refractivity contribution is 5.46. The molecule has 4 rings (SSSR count). The summed E-state index contributed by atoms with van der Waals surface area (Å²) in [6.45, 7) is 4.20. The number of anilines is 1. The number of ether oxygens (including phenoxy) is 1. The molecule has 0 saturated carbocycles. The fourth-order valence-corrected chi connectivity index (χ4v) is 3.42. The number of benzene rings is 2. The third kappa shape index (κ3) is 4.84. The lowest BCUT2D eigenvalue weighted by molar-refractivity contribution is 0.224. The standard InChI is InChI=1S/C23H23FN2O3/c24-21-9-5-4-6-18(21)16-29-23-17-28-20(14-22(23)27)15-25-10-12-26(13-11-25)19-7-2-1-3-8-19/h1-9,14,17H,10-13,15-16H2. The molecule has 1 aromatic heterocycles. The average molecular weight is 394 g/mol. The molecule has 0 bridgehead atoms. The van der Waals surface area contributed by atoms with Gasteiger partial charge in [0.15, 0.2) is 0 Å². The summed E-state index contributed by atoms with van der Waals surface area (Å²) in [6.07, 6.45) is 1.32. The van der Waals surface area contributed by atoms with E-state index in [-0.39, 0.29) is 23.6 Å². The maximum Gasteiger partial charge on any atom is 0.227 e. The number of piperazine rings is 1. The first-order chi connectivity index (χ1) is 14.2. The quantitative estimate of drug-likeness (QED) is 0.638. The molecule has 0 amide bonds. The molecule has 5 nitrogen and oxygen atoms in total. The third-order valence-electron chi connectivity index (χ3n) is 5.07. The molecular weight excluding hydrogens is 371 g/mol. The fourth-order valence-electron chi connectivity index (χ4n) is 3.42. The highest BCUT2D eigenvalue weighted by atomic mass is 19.1. The van der Waals surface area contributed by atoms with Crippen molar-refractivity contribution in [3.63, 3.8) is 0 Å². The summed E-state index contributed by atoms with van der Waals surface area (Å²) in [5, 5.41) is 0. The van der Waals surface area contributed by atoms with E-state index < -0.39 is 0 Å². The molecule has 1 saturated heterocycles. The molecule has 0 radical (unpaired) electrons. The number of hydrogen-bond acceptors (Lipinski definition) is 5. The van der Waals surface area contributed by atoms with Crippen LogP contribution in [-0.4, -0.2) is 31.1 Å². The Kier molecular flexibility index (Phi) is 5.91. The van der Waals surface area contributed by atoms with Crippen molar-refractivity contribution >= 4 is 5.69 Å². The zero-order valence-electron chi connectivity index (χ0n) is 16.1. The van der Waals surface area contributed by atoms with Crippen LogP contribution < -0.4 is 15.1 Å². The van der Waals surface area contributed by atoms with Gasteiger partial charge in [-0.05, 0) is 18.2 Å². The van der Waals surface area contributed by atoms with Crippen LogP contribution in [0.25, 0.3) is 0 Å². The van der Waals surface area contributed by atoms with Gasteiger partial charge in [0.05, 0.1) is 6.54 Å². The number of nitrogens with zero attached hydrogens (tertiary/aromatic N) is 2. The van der Waals surface area contributed by atoms with Gasteiger partial charge in [-0.15, -0.1) is 0 Å². The molecule has 0 unspecified atom stereocenters. The summed E-state index contributed by atoms with van der Waals surface area (Å²) in [4.78, 5) is 16.9. The first-order valence-corrected chi connectivity index (χ1v) is 9.69. The van der Waals surface area contributed by atoms with Gasteiger partial charge in [-0.25, -0.2) is 4.39 Å². The highest BCUT2D eigenvalue weighted by Gasteiger charge is 2.18. The topological polar surface area (TPSA) is 45.9 Å². The van der Waals surface area contributed by atoms with Crippen molar-refractivity contribution in [2.75, 3.05) is 31.1 Å². The normalized spacial score (nSPS) is 14.7. The summed E-state index contributed by atoms with van der Waals surface area (Å²) in [5.74, 6) is 0.329. The summed E-state index contributed by atoms with van der Waals surface area (Å²) < 4.78 is 24.7. The number of rotatable bonds is 6. The fraction of sp³-hybridized carbons (Fsp3) is 0.261. The Bertz CT molecular complexity index is 998. The van der Waals surface area contributed by atoms with Crippen LogP contribution in [-0.2, 0) is 13.2 Å². The second-order valence-electron chi connectivity index (χ2n) is 7.05. The van der Waals surface area contributed by atoms with E-state index in [1.165, 1.54) is 24.1 Å². The minimum absolute atomic E-state index is 0.0156. The van der Waals surface area contributed by atoms with Gasteiger partial charge in [-0.1, -0.05) is 36.4 Å². The van der Waals surface area contributed by atoms with Gasteiger partial charge < -0.3 is 14.1 Å². The Balaban J connectivity index is 1.32. The molecule has 0 aliphatic carbocycles. The number of hydrogen-bond donors (Lipinski definition) is 0. The van der Waals surface area contributed by atoms with Gasteiger partial charge in [-0.2, -0.15) is 0 Å². The minimum atomic E-state index is -0.358. The van der Waals surface area contributed by atoms with Crippen molar-refractivity contribution < 1.29 is 13.5 Å². The maximum atomic E-state index is 13.7. The van der Waals surface area contributed by atoms with Gasteiger partial charge in [0.1, 0.15) is 24.4 Å². The molecule has 1 fully saturated rings. The lowest BCUT2D eigenvalue weighted by Gasteiger charge is -2.35. The molecule has 150 valence electrons. The van der Waals surface area contributed by atoms with Crippen LogP contribution in [0.15, 0.2) is 76.1 Å². The second-order valence-corrected chi connectivity index (χ2v) is 7.05. The number of halogens is 1. The third-order valence-corrected chi connectivity index (χ3v) is 5.07. The molecule has 29 heavy (non-hydrogen) atoms. The van der Waals surface area contributed by atoms with Crippen LogP contribution in [0.3, 0.4) is 0 Å². The van der Waals surface area contributed by atoms with Crippen molar-refractivity contribution in [1.82, 2.24) is 4.90 Å². The Morgan fingerprint density at radius 1 is 0.966 bits per heavy atom. The van der Waals surface area contributed by atoms with Gasteiger partial charge in [0.2, 0.25) is 11.2 Å². The van der Waals surface area contributed by atoms with Crippen LogP contribution in [0.1, 0.15) is 11.3 Å². The largest absolute Gasteiger partial charge is 0.482 e. The highest BCUT2D eigenvalue weighted by Crippen LogP contribution is 2.17. The molecule has 0 N–H and O–H groups in total. The molecule has 2 heterocycles. The van der Waals surface area contributed by atoms with Gasteiger partial charge in [0, 0.05) is 43.5 Å². The molecule has 1 aliphatic heterocycles. The molecule has 2 aromatic carbocycles. The first kappa shape index (κ1) is 19.2. The Morgan fingerprint density at radius 3 is 2.41 bits per heavy atom. The summed E-state index contributed by atoms with van der Waals surface area (Å²) >= 11 is 0. The van der Waals surface area contributed by atoms with E-state index in [0.29, 0.717) is 17.9 Å². The van der Waals surface area contributed by atoms with Crippen LogP contribution in [0.5, 0.6) is 5.75 Å². The smallest absolute Gasteiger partial charge is 0.227 e. The van der Waals surface area contributed by atoms with Crippen molar-refractivity contribution in [1.29, 1.82) is 0 Å². The van der Waals surface area contributed by atoms with Gasteiger partial charge in [-0.3, -0.25) is 9.69 Å². The SMILES string of the molecule is O=c1cc(CN2CCN(c3ccccc3)CC2)occ1OCc1ccccc1F. The van der Waals surface area contributed by atoms with Crippen LogP contribution >= 0.6 is 0 Å². The monoisotopic (exact) mass is 394 g/mol. The molecule has 0 spiro atoms. The zero-order valence-corrected chi connectivity index (χ0v) is 16.1.